The number of hydrogen-bond donors (Lipinski definition) is 1. The number of rotatable bonds is 6. The average molecular weight is 665 g/mol. The Morgan fingerprint density at radius 2 is 0.923 bits per heavy atom. The summed E-state index contributed by atoms with van der Waals surface area (Å²) in [5.74, 6) is 0. The molecule has 2 unspecified atom stereocenters. The lowest BCUT2D eigenvalue weighted by atomic mass is 9.87. The molecule has 246 valence electrons. The second kappa shape index (κ2) is 12.7. The van der Waals surface area contributed by atoms with E-state index in [2.05, 4.69) is 210 Å². The summed E-state index contributed by atoms with van der Waals surface area (Å²) in [4.78, 5) is 2.62. The Kier molecular flexibility index (Phi) is 7.41. The van der Waals surface area contributed by atoms with Crippen molar-refractivity contribution in [2.75, 3.05) is 4.90 Å². The normalized spacial score (nSPS) is 15.6. The Labute approximate surface area is 304 Å². The van der Waals surface area contributed by atoms with Crippen LogP contribution in [-0.2, 0) is 0 Å². The van der Waals surface area contributed by atoms with Gasteiger partial charge in [-0.2, -0.15) is 0 Å². The summed E-state index contributed by atoms with van der Waals surface area (Å²) in [5, 5.41) is 11.8. The van der Waals surface area contributed by atoms with Gasteiger partial charge in [-0.05, 0) is 83.9 Å². The summed E-state index contributed by atoms with van der Waals surface area (Å²) in [7, 11) is 0. The Balaban J connectivity index is 1.20. The van der Waals surface area contributed by atoms with Crippen LogP contribution < -0.4 is 10.2 Å². The standard InChI is InChI=1S/C50H36N2/c1-4-16-34(17-5-1)41-30-29-39(33-45(41)36-20-8-3-9-21-36)49-51-50(52(49)47-27-15-14-25-42(47)35-18-6-2-7-19-35)48-43-26-13-11-23-38(43)32-46-40-24-12-10-22-37(40)28-31-44(46)48/h1-33,49-51H. The van der Waals surface area contributed by atoms with Crippen LogP contribution in [0, 0.1) is 0 Å². The van der Waals surface area contributed by atoms with Crippen molar-refractivity contribution in [3.05, 3.63) is 211 Å². The smallest absolute Gasteiger partial charge is 0.110 e. The first-order chi connectivity index (χ1) is 25.8. The molecule has 52 heavy (non-hydrogen) atoms. The monoisotopic (exact) mass is 664 g/mol. The summed E-state index contributed by atoms with van der Waals surface area (Å²) < 4.78 is 0. The molecular weight excluding hydrogens is 629 g/mol. The molecule has 1 saturated heterocycles. The van der Waals surface area contributed by atoms with E-state index in [-0.39, 0.29) is 12.3 Å². The first-order valence-electron chi connectivity index (χ1n) is 18.1. The van der Waals surface area contributed by atoms with Gasteiger partial charge < -0.3 is 4.90 Å². The van der Waals surface area contributed by atoms with Crippen LogP contribution in [0.15, 0.2) is 200 Å². The van der Waals surface area contributed by atoms with Gasteiger partial charge in [0.15, 0.2) is 0 Å². The van der Waals surface area contributed by atoms with Crippen molar-refractivity contribution in [1.82, 2.24) is 5.32 Å². The minimum absolute atomic E-state index is 0.0587. The molecule has 10 rings (SSSR count). The molecule has 1 N–H and O–H groups in total. The number of nitrogens with zero attached hydrogens (tertiary/aromatic N) is 1. The highest BCUT2D eigenvalue weighted by Crippen LogP contribution is 2.50. The van der Waals surface area contributed by atoms with Crippen LogP contribution in [0.1, 0.15) is 23.5 Å². The number of para-hydroxylation sites is 1. The molecule has 0 amide bonds. The van der Waals surface area contributed by atoms with Gasteiger partial charge in [-0.3, -0.25) is 5.32 Å². The molecule has 9 aromatic rings. The highest BCUT2D eigenvalue weighted by Gasteiger charge is 2.42. The predicted molar refractivity (Wildman–Crippen MR) is 219 cm³/mol. The molecular formula is C50H36N2. The van der Waals surface area contributed by atoms with Gasteiger partial charge in [-0.15, -0.1) is 0 Å². The molecule has 2 atom stereocenters. The van der Waals surface area contributed by atoms with E-state index in [1.807, 2.05) is 0 Å². The fourth-order valence-corrected chi connectivity index (χ4v) is 8.30. The number of benzene rings is 9. The van der Waals surface area contributed by atoms with Crippen LogP contribution in [0.25, 0.3) is 65.7 Å². The van der Waals surface area contributed by atoms with E-state index in [1.165, 1.54) is 82.5 Å². The summed E-state index contributed by atoms with van der Waals surface area (Å²) >= 11 is 0. The zero-order valence-corrected chi connectivity index (χ0v) is 28.7. The minimum atomic E-state index is -0.0707. The van der Waals surface area contributed by atoms with E-state index >= 15 is 0 Å². The highest BCUT2D eigenvalue weighted by molar-refractivity contribution is 6.14. The molecule has 1 aliphatic rings. The maximum absolute atomic E-state index is 4.14. The molecule has 0 aromatic heterocycles. The van der Waals surface area contributed by atoms with E-state index < -0.39 is 0 Å². The summed E-state index contributed by atoms with van der Waals surface area (Å²) in [6.45, 7) is 0. The molecule has 0 saturated carbocycles. The molecule has 0 aliphatic carbocycles. The van der Waals surface area contributed by atoms with Crippen molar-refractivity contribution in [1.29, 1.82) is 0 Å². The van der Waals surface area contributed by atoms with Crippen molar-refractivity contribution in [3.8, 4) is 33.4 Å². The third-order valence-electron chi connectivity index (χ3n) is 10.8. The predicted octanol–water partition coefficient (Wildman–Crippen LogP) is 13.0. The van der Waals surface area contributed by atoms with Gasteiger partial charge in [0.2, 0.25) is 0 Å². The van der Waals surface area contributed by atoms with Gasteiger partial charge >= 0.3 is 0 Å². The largest absolute Gasteiger partial charge is 0.331 e. The van der Waals surface area contributed by atoms with Gasteiger partial charge in [-0.1, -0.05) is 182 Å². The molecule has 1 aliphatic heterocycles. The average Bonchev–Trinajstić information content (AvgIpc) is 3.21. The lowest BCUT2D eigenvalue weighted by Gasteiger charge is -2.53. The van der Waals surface area contributed by atoms with E-state index in [4.69, 9.17) is 0 Å². The zero-order valence-electron chi connectivity index (χ0n) is 28.7. The summed E-state index contributed by atoms with van der Waals surface area (Å²) in [6.07, 6.45) is -0.129. The molecule has 1 heterocycles. The first kappa shape index (κ1) is 30.4. The molecule has 9 aromatic carbocycles. The molecule has 0 bridgehead atoms. The Morgan fingerprint density at radius 1 is 0.346 bits per heavy atom. The SMILES string of the molecule is c1ccc(-c2ccc(C3NC(c4c5ccccc5cc5c4ccc4ccccc45)N3c3ccccc3-c3ccccc3)cc2-c2ccccc2)cc1. The molecule has 0 radical (unpaired) electrons. The maximum Gasteiger partial charge on any atom is 0.110 e. The van der Waals surface area contributed by atoms with Gasteiger partial charge in [-0.25, -0.2) is 0 Å². The number of fused-ring (bicyclic) bond motifs is 4. The molecule has 0 spiro atoms. The minimum Gasteiger partial charge on any atom is -0.331 e. The highest BCUT2D eigenvalue weighted by atomic mass is 15.5. The van der Waals surface area contributed by atoms with E-state index in [0.717, 1.165) is 0 Å². The van der Waals surface area contributed by atoms with E-state index in [1.54, 1.807) is 0 Å². The molecule has 2 nitrogen and oxygen atoms in total. The quantitative estimate of drug-likeness (QED) is 0.141. The second-order valence-electron chi connectivity index (χ2n) is 13.7. The summed E-state index contributed by atoms with van der Waals surface area (Å²) in [6, 6.07) is 72.9. The van der Waals surface area contributed by atoms with Crippen molar-refractivity contribution >= 4 is 38.0 Å². The number of anilines is 1. The zero-order chi connectivity index (χ0) is 34.4. The van der Waals surface area contributed by atoms with Gasteiger partial charge in [0.25, 0.3) is 0 Å². The lowest BCUT2D eigenvalue weighted by molar-refractivity contribution is 0.280. The first-order valence-corrected chi connectivity index (χ1v) is 18.1. The Morgan fingerprint density at radius 3 is 1.65 bits per heavy atom. The summed E-state index contributed by atoms with van der Waals surface area (Å²) in [5.41, 5.74) is 11.1. The van der Waals surface area contributed by atoms with Crippen LogP contribution in [0.2, 0.25) is 0 Å². The van der Waals surface area contributed by atoms with E-state index in [0.29, 0.717) is 0 Å². The van der Waals surface area contributed by atoms with E-state index in [9.17, 15) is 0 Å². The number of hydrogen-bond acceptors (Lipinski definition) is 2. The van der Waals surface area contributed by atoms with Crippen molar-refractivity contribution < 1.29 is 0 Å². The topological polar surface area (TPSA) is 15.3 Å². The molecule has 2 heteroatoms. The van der Waals surface area contributed by atoms with Crippen molar-refractivity contribution in [2.24, 2.45) is 0 Å². The fraction of sp³-hybridized carbons (Fsp3) is 0.0400. The second-order valence-corrected chi connectivity index (χ2v) is 13.7. The Bertz CT molecular complexity index is 2720. The van der Waals surface area contributed by atoms with Crippen molar-refractivity contribution in [3.63, 3.8) is 0 Å². The molecule has 1 fully saturated rings. The van der Waals surface area contributed by atoms with Crippen LogP contribution in [0.3, 0.4) is 0 Å². The van der Waals surface area contributed by atoms with Gasteiger partial charge in [0, 0.05) is 16.8 Å². The van der Waals surface area contributed by atoms with Crippen molar-refractivity contribution in [2.45, 2.75) is 12.3 Å². The van der Waals surface area contributed by atoms with Gasteiger partial charge in [0.05, 0.1) is 0 Å². The lowest BCUT2D eigenvalue weighted by Crippen LogP contribution is -2.58. The van der Waals surface area contributed by atoms with Crippen LogP contribution in [0.4, 0.5) is 5.69 Å². The van der Waals surface area contributed by atoms with Crippen LogP contribution >= 0.6 is 0 Å². The number of nitrogens with one attached hydrogen (secondary N) is 1. The van der Waals surface area contributed by atoms with Crippen LogP contribution in [0.5, 0.6) is 0 Å². The van der Waals surface area contributed by atoms with Gasteiger partial charge in [0.1, 0.15) is 12.3 Å². The Hall–Kier alpha value is -6.48. The van der Waals surface area contributed by atoms with Crippen LogP contribution in [-0.4, -0.2) is 0 Å². The maximum atomic E-state index is 4.14. The fourth-order valence-electron chi connectivity index (χ4n) is 8.30. The third-order valence-corrected chi connectivity index (χ3v) is 10.8. The third kappa shape index (κ3) is 5.07.